The van der Waals surface area contributed by atoms with Crippen LogP contribution in [0.15, 0.2) is 10.6 Å². The highest BCUT2D eigenvalue weighted by atomic mass is 19.3. The van der Waals surface area contributed by atoms with Gasteiger partial charge in [0.15, 0.2) is 5.89 Å². The molecule has 0 unspecified atom stereocenters. The molecule has 3 nitrogen and oxygen atoms in total. The summed E-state index contributed by atoms with van der Waals surface area (Å²) in [6.45, 7) is 0.489. The number of halogens is 2. The van der Waals surface area contributed by atoms with Gasteiger partial charge in [0.1, 0.15) is 5.76 Å². The summed E-state index contributed by atoms with van der Waals surface area (Å²) < 4.78 is 31.4. The zero-order chi connectivity index (χ0) is 11.6. The molecular weight excluding hydrogens is 214 g/mol. The Balaban J connectivity index is 1.97. The molecule has 0 aliphatic heterocycles. The van der Waals surface area contributed by atoms with Crippen LogP contribution in [0.25, 0.3) is 0 Å². The first-order valence-corrected chi connectivity index (χ1v) is 5.63. The van der Waals surface area contributed by atoms with E-state index in [1.165, 1.54) is 0 Å². The zero-order valence-corrected chi connectivity index (χ0v) is 9.09. The molecule has 0 bridgehead atoms. The smallest absolute Gasteiger partial charge is 0.248 e. The first kappa shape index (κ1) is 11.5. The van der Waals surface area contributed by atoms with Crippen molar-refractivity contribution in [2.45, 2.75) is 43.9 Å². The highest BCUT2D eigenvalue weighted by molar-refractivity contribution is 5.04. The number of alkyl halides is 2. The fourth-order valence-electron chi connectivity index (χ4n) is 2.08. The maximum Gasteiger partial charge on any atom is 0.248 e. The molecule has 0 atom stereocenters. The molecule has 0 amide bonds. The lowest BCUT2D eigenvalue weighted by Crippen LogP contribution is -2.23. The maximum atomic E-state index is 13.0. The number of nitrogens with two attached hydrogens (primary N) is 1. The van der Waals surface area contributed by atoms with Crippen LogP contribution in [0.2, 0.25) is 0 Å². The van der Waals surface area contributed by atoms with Gasteiger partial charge in [-0.3, -0.25) is 0 Å². The van der Waals surface area contributed by atoms with Gasteiger partial charge in [-0.25, -0.2) is 13.8 Å². The number of nitrogens with zero attached hydrogens (tertiary/aromatic N) is 1. The summed E-state index contributed by atoms with van der Waals surface area (Å²) in [7, 11) is 0. The van der Waals surface area contributed by atoms with E-state index in [-0.39, 0.29) is 18.8 Å². The predicted molar refractivity (Wildman–Crippen MR) is 55.4 cm³/mol. The summed E-state index contributed by atoms with van der Waals surface area (Å²) in [5, 5.41) is 0. The number of hydrogen-bond donors (Lipinski definition) is 1. The SMILES string of the molecule is NCCc1ncc(C2CCC(F)(F)CC2)o1. The van der Waals surface area contributed by atoms with E-state index in [1.807, 2.05) is 0 Å². The normalized spacial score (nSPS) is 21.2. The van der Waals surface area contributed by atoms with Crippen LogP contribution in [0.3, 0.4) is 0 Å². The van der Waals surface area contributed by atoms with Gasteiger partial charge in [0.2, 0.25) is 5.92 Å². The van der Waals surface area contributed by atoms with Crippen LogP contribution in [0.1, 0.15) is 43.3 Å². The Hall–Kier alpha value is -0.970. The van der Waals surface area contributed by atoms with E-state index in [4.69, 9.17) is 10.2 Å². The van der Waals surface area contributed by atoms with Crippen LogP contribution >= 0.6 is 0 Å². The molecule has 1 aliphatic rings. The predicted octanol–water partition coefficient (Wildman–Crippen LogP) is 2.47. The quantitative estimate of drug-likeness (QED) is 0.867. The highest BCUT2D eigenvalue weighted by Gasteiger charge is 2.36. The van der Waals surface area contributed by atoms with Crippen molar-refractivity contribution in [1.82, 2.24) is 4.98 Å². The lowest BCUT2D eigenvalue weighted by atomic mass is 9.85. The second kappa shape index (κ2) is 4.49. The molecule has 1 aromatic rings. The van der Waals surface area contributed by atoms with Gasteiger partial charge in [0.25, 0.3) is 0 Å². The van der Waals surface area contributed by atoms with E-state index in [9.17, 15) is 8.78 Å². The van der Waals surface area contributed by atoms with Crippen LogP contribution in [0.5, 0.6) is 0 Å². The molecule has 1 aromatic heterocycles. The molecule has 0 aromatic carbocycles. The number of aromatic nitrogens is 1. The fourth-order valence-corrected chi connectivity index (χ4v) is 2.08. The summed E-state index contributed by atoms with van der Waals surface area (Å²) >= 11 is 0. The van der Waals surface area contributed by atoms with Crippen molar-refractivity contribution in [3.8, 4) is 0 Å². The van der Waals surface area contributed by atoms with Crippen molar-refractivity contribution >= 4 is 0 Å². The van der Waals surface area contributed by atoms with E-state index in [0.717, 1.165) is 5.76 Å². The molecule has 1 saturated carbocycles. The van der Waals surface area contributed by atoms with Crippen LogP contribution in [0.4, 0.5) is 8.78 Å². The van der Waals surface area contributed by atoms with E-state index < -0.39 is 5.92 Å². The van der Waals surface area contributed by atoms with Gasteiger partial charge in [0.05, 0.1) is 6.20 Å². The molecule has 0 saturated heterocycles. The number of hydrogen-bond acceptors (Lipinski definition) is 3. The van der Waals surface area contributed by atoms with Crippen molar-refractivity contribution in [3.05, 3.63) is 17.8 Å². The largest absolute Gasteiger partial charge is 0.445 e. The van der Waals surface area contributed by atoms with Crippen LogP contribution < -0.4 is 5.73 Å². The minimum absolute atomic E-state index is 0.0510. The molecule has 90 valence electrons. The van der Waals surface area contributed by atoms with Crippen molar-refractivity contribution < 1.29 is 13.2 Å². The van der Waals surface area contributed by atoms with E-state index in [2.05, 4.69) is 4.98 Å². The first-order chi connectivity index (χ1) is 7.61. The van der Waals surface area contributed by atoms with Gasteiger partial charge in [-0.1, -0.05) is 0 Å². The minimum Gasteiger partial charge on any atom is -0.445 e. The second-order valence-electron chi connectivity index (χ2n) is 4.33. The van der Waals surface area contributed by atoms with Crippen LogP contribution in [-0.2, 0) is 6.42 Å². The lowest BCUT2D eigenvalue weighted by Gasteiger charge is -2.26. The van der Waals surface area contributed by atoms with Crippen molar-refractivity contribution in [3.63, 3.8) is 0 Å². The monoisotopic (exact) mass is 230 g/mol. The Morgan fingerprint density at radius 3 is 2.75 bits per heavy atom. The van der Waals surface area contributed by atoms with Gasteiger partial charge in [-0.15, -0.1) is 0 Å². The zero-order valence-electron chi connectivity index (χ0n) is 9.09. The maximum absolute atomic E-state index is 13.0. The number of rotatable bonds is 3. The third-order valence-electron chi connectivity index (χ3n) is 3.05. The Morgan fingerprint density at radius 2 is 2.12 bits per heavy atom. The summed E-state index contributed by atoms with van der Waals surface area (Å²) in [6.07, 6.45) is 3.10. The average Bonchev–Trinajstić information content (AvgIpc) is 2.67. The molecule has 16 heavy (non-hydrogen) atoms. The van der Waals surface area contributed by atoms with Gasteiger partial charge < -0.3 is 10.2 Å². The third kappa shape index (κ3) is 2.58. The van der Waals surface area contributed by atoms with Gasteiger partial charge in [-0.05, 0) is 12.8 Å². The van der Waals surface area contributed by atoms with Crippen LogP contribution in [-0.4, -0.2) is 17.5 Å². The third-order valence-corrected chi connectivity index (χ3v) is 3.05. The molecule has 2 rings (SSSR count). The minimum atomic E-state index is -2.49. The molecule has 1 aliphatic carbocycles. The Morgan fingerprint density at radius 1 is 1.44 bits per heavy atom. The fraction of sp³-hybridized carbons (Fsp3) is 0.727. The molecular formula is C11H16F2N2O. The van der Waals surface area contributed by atoms with E-state index in [1.54, 1.807) is 6.20 Å². The van der Waals surface area contributed by atoms with E-state index >= 15 is 0 Å². The van der Waals surface area contributed by atoms with Gasteiger partial charge >= 0.3 is 0 Å². The lowest BCUT2D eigenvalue weighted by molar-refractivity contribution is -0.0395. The summed E-state index contributed by atoms with van der Waals surface area (Å²) in [4.78, 5) is 4.08. The Bertz CT molecular complexity index is 342. The van der Waals surface area contributed by atoms with Crippen molar-refractivity contribution in [2.75, 3.05) is 6.54 Å². The summed E-state index contributed by atoms with van der Waals surface area (Å²) in [5.41, 5.74) is 5.38. The van der Waals surface area contributed by atoms with E-state index in [0.29, 0.717) is 31.7 Å². The van der Waals surface area contributed by atoms with Crippen molar-refractivity contribution in [2.24, 2.45) is 5.73 Å². The summed E-state index contributed by atoms with van der Waals surface area (Å²) in [6, 6.07) is 0. The average molecular weight is 230 g/mol. The first-order valence-electron chi connectivity index (χ1n) is 5.63. The molecule has 0 spiro atoms. The standard InChI is InChI=1S/C11H16F2N2O/c12-11(13)4-1-8(2-5-11)9-7-15-10(16-9)3-6-14/h7-8H,1-6,14H2. The molecule has 0 radical (unpaired) electrons. The second-order valence-corrected chi connectivity index (χ2v) is 4.33. The van der Waals surface area contributed by atoms with Gasteiger partial charge in [-0.2, -0.15) is 0 Å². The highest BCUT2D eigenvalue weighted by Crippen LogP contribution is 2.40. The number of oxazole rings is 1. The molecule has 2 N–H and O–H groups in total. The summed E-state index contributed by atoms with van der Waals surface area (Å²) in [5.74, 6) is -1.05. The molecule has 1 fully saturated rings. The topological polar surface area (TPSA) is 52.0 Å². The van der Waals surface area contributed by atoms with Gasteiger partial charge in [0, 0.05) is 31.7 Å². The Kier molecular flexibility index (Phi) is 3.23. The van der Waals surface area contributed by atoms with Crippen molar-refractivity contribution in [1.29, 1.82) is 0 Å². The Labute approximate surface area is 93.0 Å². The van der Waals surface area contributed by atoms with Crippen LogP contribution in [0, 0.1) is 0 Å². The molecule has 1 heterocycles. The molecule has 5 heteroatoms.